The van der Waals surface area contributed by atoms with Crippen molar-refractivity contribution in [1.29, 1.82) is 0 Å². The molecule has 22 heavy (non-hydrogen) atoms. The lowest BCUT2D eigenvalue weighted by Gasteiger charge is -2.27. The summed E-state index contributed by atoms with van der Waals surface area (Å²) in [5.74, 6) is -1.93. The molecule has 1 fully saturated rings. The van der Waals surface area contributed by atoms with Gasteiger partial charge in [-0.15, -0.1) is 0 Å². The standard InChI is InChI=1S/C17H23F2NO2/c1-12(13-8-9-15(18)16(19)10-13)20(2)17(21)11-22-14-6-4-3-5-7-14/h8-10,12,14H,3-7,11H2,1-2H3. The van der Waals surface area contributed by atoms with Crippen LogP contribution in [0.4, 0.5) is 8.78 Å². The molecule has 5 heteroatoms. The van der Waals surface area contributed by atoms with Crippen LogP contribution in [0.2, 0.25) is 0 Å². The normalized spacial score (nSPS) is 17.3. The van der Waals surface area contributed by atoms with Crippen LogP contribution in [-0.2, 0) is 9.53 Å². The Labute approximate surface area is 130 Å². The fraction of sp³-hybridized carbons (Fsp3) is 0.588. The van der Waals surface area contributed by atoms with Crippen LogP contribution in [0.15, 0.2) is 18.2 Å². The molecular formula is C17H23F2NO2. The Balaban J connectivity index is 1.89. The zero-order valence-corrected chi connectivity index (χ0v) is 13.1. The fourth-order valence-electron chi connectivity index (χ4n) is 2.73. The van der Waals surface area contributed by atoms with Crippen molar-refractivity contribution >= 4 is 5.91 Å². The summed E-state index contributed by atoms with van der Waals surface area (Å²) >= 11 is 0. The molecule has 0 saturated heterocycles. The van der Waals surface area contributed by atoms with E-state index in [0.29, 0.717) is 5.56 Å². The lowest BCUT2D eigenvalue weighted by Crippen LogP contribution is -2.34. The number of halogens is 2. The van der Waals surface area contributed by atoms with Crippen molar-refractivity contribution in [2.75, 3.05) is 13.7 Å². The molecule has 1 aliphatic carbocycles. The van der Waals surface area contributed by atoms with E-state index in [-0.39, 0.29) is 24.7 Å². The highest BCUT2D eigenvalue weighted by Gasteiger charge is 2.21. The van der Waals surface area contributed by atoms with Gasteiger partial charge >= 0.3 is 0 Å². The molecule has 1 aromatic carbocycles. The molecule has 0 N–H and O–H groups in total. The third kappa shape index (κ3) is 4.26. The second-order valence-corrected chi connectivity index (χ2v) is 5.93. The molecule has 3 nitrogen and oxygen atoms in total. The fourth-order valence-corrected chi connectivity index (χ4v) is 2.73. The third-order valence-corrected chi connectivity index (χ3v) is 4.40. The minimum Gasteiger partial charge on any atom is -0.368 e. The first kappa shape index (κ1) is 16.9. The Morgan fingerprint density at radius 3 is 2.59 bits per heavy atom. The van der Waals surface area contributed by atoms with Gasteiger partial charge < -0.3 is 9.64 Å². The van der Waals surface area contributed by atoms with Crippen molar-refractivity contribution in [3.63, 3.8) is 0 Å². The van der Waals surface area contributed by atoms with Gasteiger partial charge in [-0.2, -0.15) is 0 Å². The minimum atomic E-state index is -0.899. The summed E-state index contributed by atoms with van der Waals surface area (Å²) in [5, 5.41) is 0. The largest absolute Gasteiger partial charge is 0.368 e. The Morgan fingerprint density at radius 2 is 1.95 bits per heavy atom. The van der Waals surface area contributed by atoms with Crippen LogP contribution < -0.4 is 0 Å². The molecule has 0 aromatic heterocycles. The summed E-state index contributed by atoms with van der Waals surface area (Å²) in [6.45, 7) is 1.82. The van der Waals surface area contributed by atoms with Gasteiger partial charge in [0, 0.05) is 7.05 Å². The summed E-state index contributed by atoms with van der Waals surface area (Å²) in [7, 11) is 1.65. The first-order valence-corrected chi connectivity index (χ1v) is 7.81. The van der Waals surface area contributed by atoms with Crippen LogP contribution >= 0.6 is 0 Å². The van der Waals surface area contributed by atoms with E-state index in [0.717, 1.165) is 37.8 Å². The molecule has 1 atom stereocenters. The van der Waals surface area contributed by atoms with Gasteiger partial charge in [0.2, 0.25) is 5.91 Å². The molecule has 0 heterocycles. The van der Waals surface area contributed by atoms with E-state index in [1.165, 1.54) is 17.4 Å². The third-order valence-electron chi connectivity index (χ3n) is 4.40. The Morgan fingerprint density at radius 1 is 1.27 bits per heavy atom. The summed E-state index contributed by atoms with van der Waals surface area (Å²) < 4.78 is 31.9. The van der Waals surface area contributed by atoms with Crippen molar-refractivity contribution in [3.8, 4) is 0 Å². The van der Waals surface area contributed by atoms with E-state index in [9.17, 15) is 13.6 Å². The molecule has 0 radical (unpaired) electrons. The Hall–Kier alpha value is -1.49. The monoisotopic (exact) mass is 311 g/mol. The van der Waals surface area contributed by atoms with Crippen molar-refractivity contribution in [1.82, 2.24) is 4.90 Å². The molecule has 1 aliphatic rings. The van der Waals surface area contributed by atoms with Crippen molar-refractivity contribution in [2.45, 2.75) is 51.2 Å². The molecule has 0 bridgehead atoms. The number of hydrogen-bond acceptors (Lipinski definition) is 2. The maximum atomic E-state index is 13.3. The number of benzene rings is 1. The minimum absolute atomic E-state index is 0.0369. The maximum Gasteiger partial charge on any atom is 0.248 e. The van der Waals surface area contributed by atoms with Crippen LogP contribution in [0.25, 0.3) is 0 Å². The van der Waals surface area contributed by atoms with Gasteiger partial charge in [0.15, 0.2) is 11.6 Å². The quantitative estimate of drug-likeness (QED) is 0.827. The number of nitrogens with zero attached hydrogens (tertiary/aromatic N) is 1. The van der Waals surface area contributed by atoms with Crippen LogP contribution in [0.1, 0.15) is 50.6 Å². The number of rotatable bonds is 5. The first-order chi connectivity index (χ1) is 10.5. The van der Waals surface area contributed by atoms with Gasteiger partial charge in [-0.1, -0.05) is 25.3 Å². The molecule has 1 saturated carbocycles. The van der Waals surface area contributed by atoms with Gasteiger partial charge in [0.25, 0.3) is 0 Å². The molecule has 0 spiro atoms. The predicted molar refractivity (Wildman–Crippen MR) is 80.4 cm³/mol. The lowest BCUT2D eigenvalue weighted by atomic mass is 9.98. The second-order valence-electron chi connectivity index (χ2n) is 5.93. The summed E-state index contributed by atoms with van der Waals surface area (Å²) in [6.07, 6.45) is 5.73. The van der Waals surface area contributed by atoms with Crippen molar-refractivity contribution in [2.24, 2.45) is 0 Å². The average molecular weight is 311 g/mol. The van der Waals surface area contributed by atoms with Crippen molar-refractivity contribution in [3.05, 3.63) is 35.4 Å². The van der Waals surface area contributed by atoms with Crippen molar-refractivity contribution < 1.29 is 18.3 Å². The number of amides is 1. The van der Waals surface area contributed by atoms with E-state index in [1.54, 1.807) is 14.0 Å². The molecular weight excluding hydrogens is 288 g/mol. The van der Waals surface area contributed by atoms with Crippen LogP contribution in [0, 0.1) is 11.6 Å². The SMILES string of the molecule is CC(c1ccc(F)c(F)c1)N(C)C(=O)COC1CCCCC1. The highest BCUT2D eigenvalue weighted by Crippen LogP contribution is 2.22. The van der Waals surface area contributed by atoms with E-state index < -0.39 is 11.6 Å². The summed E-state index contributed by atoms with van der Waals surface area (Å²) in [5.41, 5.74) is 0.562. The smallest absolute Gasteiger partial charge is 0.248 e. The first-order valence-electron chi connectivity index (χ1n) is 7.81. The van der Waals surface area contributed by atoms with E-state index in [1.807, 2.05) is 0 Å². The molecule has 1 amide bonds. The lowest BCUT2D eigenvalue weighted by molar-refractivity contribution is -0.139. The summed E-state index contributed by atoms with van der Waals surface area (Å²) in [4.78, 5) is 13.7. The molecule has 1 aromatic rings. The molecule has 2 rings (SSSR count). The number of hydrogen-bond donors (Lipinski definition) is 0. The topological polar surface area (TPSA) is 29.5 Å². The number of carbonyl (C=O) groups excluding carboxylic acids is 1. The van der Waals surface area contributed by atoms with Crippen LogP contribution in [0.3, 0.4) is 0 Å². The maximum absolute atomic E-state index is 13.3. The van der Waals surface area contributed by atoms with E-state index in [4.69, 9.17) is 4.74 Å². The average Bonchev–Trinajstić information content (AvgIpc) is 2.54. The molecule has 1 unspecified atom stereocenters. The summed E-state index contributed by atoms with van der Waals surface area (Å²) in [6, 6.07) is 3.37. The highest BCUT2D eigenvalue weighted by atomic mass is 19.2. The van der Waals surface area contributed by atoms with Crippen LogP contribution in [-0.4, -0.2) is 30.6 Å². The Bertz CT molecular complexity index is 515. The zero-order valence-electron chi connectivity index (χ0n) is 13.1. The molecule has 122 valence electrons. The van der Waals surface area contributed by atoms with Gasteiger partial charge in [-0.25, -0.2) is 8.78 Å². The number of likely N-dealkylation sites (N-methyl/N-ethyl adjacent to an activating group) is 1. The van der Waals surface area contributed by atoms with Gasteiger partial charge in [0.05, 0.1) is 12.1 Å². The van der Waals surface area contributed by atoms with Gasteiger partial charge in [-0.3, -0.25) is 4.79 Å². The van der Waals surface area contributed by atoms with Gasteiger partial charge in [0.1, 0.15) is 6.61 Å². The van der Waals surface area contributed by atoms with E-state index >= 15 is 0 Å². The second kappa shape index (κ2) is 7.68. The number of ether oxygens (including phenoxy) is 1. The number of carbonyl (C=O) groups is 1. The Kier molecular flexibility index (Phi) is 5.89. The zero-order chi connectivity index (χ0) is 16.1. The predicted octanol–water partition coefficient (Wildman–Crippen LogP) is 3.83. The van der Waals surface area contributed by atoms with Gasteiger partial charge in [-0.05, 0) is 37.5 Å². The van der Waals surface area contributed by atoms with Crippen LogP contribution in [0.5, 0.6) is 0 Å². The highest BCUT2D eigenvalue weighted by molar-refractivity contribution is 5.77. The van der Waals surface area contributed by atoms with E-state index in [2.05, 4.69) is 0 Å². The molecule has 0 aliphatic heterocycles.